The molecule has 1 saturated heterocycles. The van der Waals surface area contributed by atoms with Crippen LogP contribution >= 0.6 is 15.4 Å². The molecule has 3 unspecified atom stereocenters. The Hall–Kier alpha value is 0.260. The lowest BCUT2D eigenvalue weighted by Crippen LogP contribution is -1.96. The van der Waals surface area contributed by atoms with E-state index in [0.717, 1.165) is 0 Å². The van der Waals surface area contributed by atoms with E-state index in [-0.39, 0.29) is 0 Å². The fourth-order valence-corrected chi connectivity index (χ4v) is 3.18. The molecule has 1 heterocycles. The van der Waals surface area contributed by atoms with Crippen molar-refractivity contribution in [3.05, 3.63) is 0 Å². The topological polar surface area (TPSA) is 117 Å². The molecular weight excluding hydrogens is 210 g/mol. The Morgan fingerprint density at radius 2 is 1.75 bits per heavy atom. The van der Waals surface area contributed by atoms with Crippen LogP contribution in [-0.4, -0.2) is 26.6 Å². The van der Waals surface area contributed by atoms with Crippen LogP contribution < -0.4 is 0 Å². The summed E-state index contributed by atoms with van der Waals surface area (Å²) in [6, 6.07) is 0. The van der Waals surface area contributed by atoms with Gasteiger partial charge in [0.25, 0.3) is 0 Å². The first kappa shape index (κ1) is 10.3. The fourth-order valence-electron chi connectivity index (χ4n) is 0.716. The number of phosphoric acid groups is 1. The molecule has 7 nitrogen and oxygen atoms in total. The van der Waals surface area contributed by atoms with Gasteiger partial charge in [0.2, 0.25) is 0 Å². The molecule has 1 rings (SSSR count). The van der Waals surface area contributed by atoms with Crippen molar-refractivity contribution in [3.8, 4) is 0 Å². The molecule has 0 aromatic carbocycles. The van der Waals surface area contributed by atoms with Gasteiger partial charge in [-0.15, -0.1) is 0 Å². The van der Waals surface area contributed by atoms with Gasteiger partial charge in [0.1, 0.15) is 0 Å². The molecular formula is C3H8O7P2. The van der Waals surface area contributed by atoms with Crippen LogP contribution in [0, 0.1) is 0 Å². The van der Waals surface area contributed by atoms with E-state index in [0.29, 0.717) is 0 Å². The molecule has 0 spiro atoms. The van der Waals surface area contributed by atoms with Crippen LogP contribution in [0.5, 0.6) is 0 Å². The number of hydrogen-bond acceptors (Lipinski definition) is 4. The van der Waals surface area contributed by atoms with Gasteiger partial charge in [-0.2, -0.15) is 0 Å². The van der Waals surface area contributed by atoms with E-state index in [9.17, 15) is 9.13 Å². The van der Waals surface area contributed by atoms with Crippen LogP contribution in [0.2, 0.25) is 0 Å². The van der Waals surface area contributed by atoms with Crippen LogP contribution in [0.3, 0.4) is 0 Å². The number of hydrogen-bond donors (Lipinski definition) is 3. The molecule has 12 heavy (non-hydrogen) atoms. The van der Waals surface area contributed by atoms with Crippen molar-refractivity contribution in [2.45, 2.75) is 18.9 Å². The fraction of sp³-hybridized carbons (Fsp3) is 1.00. The van der Waals surface area contributed by atoms with E-state index in [2.05, 4.69) is 9.05 Å². The van der Waals surface area contributed by atoms with Crippen molar-refractivity contribution in [2.24, 2.45) is 0 Å². The first-order valence-corrected chi connectivity index (χ1v) is 6.15. The van der Waals surface area contributed by atoms with Crippen LogP contribution in [0.4, 0.5) is 0 Å². The maximum Gasteiger partial charge on any atom is 0.476 e. The van der Waals surface area contributed by atoms with Gasteiger partial charge in [-0.3, -0.25) is 4.57 Å². The van der Waals surface area contributed by atoms with Gasteiger partial charge in [-0.25, -0.2) is 8.88 Å². The minimum Gasteiger partial charge on any atom is -0.356 e. The van der Waals surface area contributed by atoms with Gasteiger partial charge in [-0.1, -0.05) is 0 Å². The zero-order valence-electron chi connectivity index (χ0n) is 6.02. The molecule has 0 aromatic heterocycles. The van der Waals surface area contributed by atoms with E-state index in [1.807, 2.05) is 0 Å². The average Bonchev–Trinajstić information content (AvgIpc) is 2.38. The molecule has 3 atom stereocenters. The summed E-state index contributed by atoms with van der Waals surface area (Å²) in [5.41, 5.74) is 0. The molecule has 3 N–H and O–H groups in total. The maximum atomic E-state index is 10.9. The van der Waals surface area contributed by atoms with Crippen molar-refractivity contribution in [1.29, 1.82) is 0 Å². The average molecular weight is 218 g/mol. The third-order valence-electron chi connectivity index (χ3n) is 1.22. The highest BCUT2D eigenvalue weighted by molar-refractivity contribution is 7.64. The minimum atomic E-state index is -4.92. The van der Waals surface area contributed by atoms with Gasteiger partial charge in [0, 0.05) is 0 Å². The molecule has 1 aliphatic heterocycles. The predicted molar refractivity (Wildman–Crippen MR) is 37.3 cm³/mol. The molecule has 0 aliphatic carbocycles. The first-order valence-electron chi connectivity index (χ1n) is 2.97. The van der Waals surface area contributed by atoms with Gasteiger partial charge < -0.3 is 19.4 Å². The van der Waals surface area contributed by atoms with E-state index in [4.69, 9.17) is 14.7 Å². The molecule has 0 aromatic rings. The summed E-state index contributed by atoms with van der Waals surface area (Å²) < 4.78 is 29.3. The van der Waals surface area contributed by atoms with Crippen LogP contribution in [0.15, 0.2) is 0 Å². The Balaban J connectivity index is 2.62. The standard InChI is InChI=1S/C3H8O7P2/c1-2-3(9-2)11(4,5)10-12(6,7)8/h2-3H,1H3,(H,4,5)(H2,6,7,8). The lowest BCUT2D eigenvalue weighted by atomic mass is 10.6. The summed E-state index contributed by atoms with van der Waals surface area (Å²) in [7, 11) is -9.24. The quantitative estimate of drug-likeness (QED) is 0.451. The Morgan fingerprint density at radius 1 is 1.33 bits per heavy atom. The third kappa shape index (κ3) is 2.64. The summed E-state index contributed by atoms with van der Waals surface area (Å²) >= 11 is 0. The summed E-state index contributed by atoms with van der Waals surface area (Å²) in [6.07, 6.45) is -0.493. The second kappa shape index (κ2) is 2.89. The van der Waals surface area contributed by atoms with Crippen molar-refractivity contribution >= 4 is 15.4 Å². The highest BCUT2D eigenvalue weighted by Gasteiger charge is 2.53. The van der Waals surface area contributed by atoms with E-state index in [1.165, 1.54) is 6.92 Å². The number of ether oxygens (including phenoxy) is 1. The lowest BCUT2D eigenvalue weighted by molar-refractivity contribution is 0.255. The van der Waals surface area contributed by atoms with Crippen molar-refractivity contribution in [1.82, 2.24) is 0 Å². The second-order valence-electron chi connectivity index (χ2n) is 2.37. The smallest absolute Gasteiger partial charge is 0.356 e. The molecule has 0 saturated carbocycles. The second-order valence-corrected chi connectivity index (χ2v) is 5.64. The zero-order valence-corrected chi connectivity index (χ0v) is 7.81. The first-order chi connectivity index (χ1) is 5.22. The minimum absolute atomic E-state index is 0.493. The Bertz CT molecular complexity index is 268. The Morgan fingerprint density at radius 3 is 2.00 bits per heavy atom. The molecule has 72 valence electrons. The molecule has 0 radical (unpaired) electrons. The summed E-state index contributed by atoms with van der Waals surface area (Å²) in [6.45, 7) is 1.50. The van der Waals surface area contributed by atoms with Crippen molar-refractivity contribution < 1.29 is 32.9 Å². The number of rotatable bonds is 3. The Labute approximate surface area is 68.1 Å². The van der Waals surface area contributed by atoms with Crippen LogP contribution in [0.25, 0.3) is 0 Å². The largest absolute Gasteiger partial charge is 0.476 e. The molecule has 9 heteroatoms. The Kier molecular flexibility index (Phi) is 2.49. The van der Waals surface area contributed by atoms with Crippen LogP contribution in [-0.2, 0) is 18.2 Å². The highest BCUT2D eigenvalue weighted by atomic mass is 31.3. The van der Waals surface area contributed by atoms with Crippen LogP contribution in [0.1, 0.15) is 6.92 Å². The van der Waals surface area contributed by atoms with Gasteiger partial charge >= 0.3 is 15.4 Å². The predicted octanol–water partition coefficient (Wildman–Crippen LogP) is 0.0259. The summed E-state index contributed by atoms with van der Waals surface area (Å²) in [5.74, 6) is -1.11. The molecule has 0 amide bonds. The van der Waals surface area contributed by atoms with Gasteiger partial charge in [0.05, 0.1) is 6.10 Å². The normalized spacial score (nSPS) is 34.3. The molecule has 1 aliphatic rings. The third-order valence-corrected chi connectivity index (χ3v) is 4.20. The lowest BCUT2D eigenvalue weighted by Gasteiger charge is -2.09. The van der Waals surface area contributed by atoms with Gasteiger partial charge in [-0.05, 0) is 6.92 Å². The molecule has 1 fully saturated rings. The number of epoxide rings is 1. The van der Waals surface area contributed by atoms with Crippen molar-refractivity contribution in [2.75, 3.05) is 0 Å². The molecule has 0 bridgehead atoms. The van der Waals surface area contributed by atoms with Crippen molar-refractivity contribution in [3.63, 3.8) is 0 Å². The summed E-state index contributed by atoms with van der Waals surface area (Å²) in [5, 5.41) is 0. The summed E-state index contributed by atoms with van der Waals surface area (Å²) in [4.78, 5) is 25.3. The van der Waals surface area contributed by atoms with E-state index < -0.39 is 27.4 Å². The zero-order chi connectivity index (χ0) is 9.57. The highest BCUT2D eigenvalue weighted by Crippen LogP contribution is 2.65. The van der Waals surface area contributed by atoms with E-state index >= 15 is 0 Å². The van der Waals surface area contributed by atoms with E-state index in [1.54, 1.807) is 0 Å². The SMILES string of the molecule is CC1OC1P(=O)(O)OP(=O)(O)O. The van der Waals surface area contributed by atoms with Gasteiger partial charge in [0.15, 0.2) is 5.85 Å². The monoisotopic (exact) mass is 218 g/mol. The maximum absolute atomic E-state index is 10.9.